The van der Waals surface area contributed by atoms with Crippen LogP contribution in [0.15, 0.2) is 40.9 Å². The van der Waals surface area contributed by atoms with Gasteiger partial charge in [0.15, 0.2) is 0 Å². The first-order valence-electron chi connectivity index (χ1n) is 7.43. The van der Waals surface area contributed by atoms with Gasteiger partial charge in [0.1, 0.15) is 5.82 Å². The van der Waals surface area contributed by atoms with E-state index in [9.17, 15) is 9.18 Å². The average Bonchev–Trinajstić information content (AvgIpc) is 2.58. The Labute approximate surface area is 152 Å². The Balaban J connectivity index is 1.77. The van der Waals surface area contributed by atoms with Gasteiger partial charge in [-0.05, 0) is 36.4 Å². The second-order valence-corrected chi connectivity index (χ2v) is 6.67. The van der Waals surface area contributed by atoms with Gasteiger partial charge in [0.25, 0.3) is 5.91 Å². The number of carbonyl (C=O) groups excluding carboxylic acids is 1. The third-order valence-electron chi connectivity index (χ3n) is 3.73. The number of ether oxygens (including phenoxy) is 1. The van der Waals surface area contributed by atoms with Crippen molar-refractivity contribution in [3.05, 3.63) is 57.3 Å². The number of rotatable bonds is 3. The van der Waals surface area contributed by atoms with Crippen LogP contribution in [-0.2, 0) is 4.74 Å². The molecule has 1 fully saturated rings. The van der Waals surface area contributed by atoms with Crippen molar-refractivity contribution in [3.8, 4) is 0 Å². The Morgan fingerprint density at radius 1 is 1.21 bits per heavy atom. The van der Waals surface area contributed by atoms with E-state index in [-0.39, 0.29) is 11.7 Å². The van der Waals surface area contributed by atoms with E-state index < -0.39 is 0 Å². The number of anilines is 2. The van der Waals surface area contributed by atoms with E-state index in [1.54, 1.807) is 30.3 Å². The molecule has 0 spiro atoms. The number of carbonyl (C=O) groups is 1. The van der Waals surface area contributed by atoms with Gasteiger partial charge in [0.05, 0.1) is 29.5 Å². The van der Waals surface area contributed by atoms with Crippen LogP contribution in [0, 0.1) is 5.82 Å². The van der Waals surface area contributed by atoms with E-state index in [1.807, 2.05) is 4.90 Å². The molecule has 2 aromatic carbocycles. The zero-order chi connectivity index (χ0) is 17.1. The molecule has 1 amide bonds. The van der Waals surface area contributed by atoms with Crippen molar-refractivity contribution >= 4 is 44.8 Å². The minimum Gasteiger partial charge on any atom is -0.378 e. The maximum Gasteiger partial charge on any atom is 0.257 e. The highest BCUT2D eigenvalue weighted by atomic mass is 79.9. The molecule has 0 aromatic heterocycles. The standard InChI is InChI=1S/C17H15BrClFN2O2/c18-11-1-3-14(19)13(9-11)17(23)21-12-2-4-16(15(20)10-12)22-5-7-24-8-6-22/h1-4,9-10H,5-8H2,(H,21,23). The average molecular weight is 414 g/mol. The SMILES string of the molecule is O=C(Nc1ccc(N2CCOCC2)c(F)c1)c1cc(Br)ccc1Cl. The molecular weight excluding hydrogens is 399 g/mol. The van der Waals surface area contributed by atoms with Crippen LogP contribution < -0.4 is 10.2 Å². The zero-order valence-electron chi connectivity index (χ0n) is 12.7. The third-order valence-corrected chi connectivity index (χ3v) is 4.55. The van der Waals surface area contributed by atoms with Gasteiger partial charge in [0.2, 0.25) is 0 Å². The van der Waals surface area contributed by atoms with Crippen molar-refractivity contribution in [1.29, 1.82) is 0 Å². The molecule has 4 nitrogen and oxygen atoms in total. The summed E-state index contributed by atoms with van der Waals surface area (Å²) in [5, 5.41) is 3.00. The van der Waals surface area contributed by atoms with Gasteiger partial charge in [-0.25, -0.2) is 4.39 Å². The summed E-state index contributed by atoms with van der Waals surface area (Å²) in [4.78, 5) is 14.2. The fourth-order valence-electron chi connectivity index (χ4n) is 2.52. The number of nitrogens with zero attached hydrogens (tertiary/aromatic N) is 1. The van der Waals surface area contributed by atoms with Crippen molar-refractivity contribution in [2.75, 3.05) is 36.5 Å². The molecular formula is C17H15BrClFN2O2. The molecule has 2 aromatic rings. The smallest absolute Gasteiger partial charge is 0.257 e. The highest BCUT2D eigenvalue weighted by Crippen LogP contribution is 2.26. The molecule has 1 heterocycles. The minimum atomic E-state index is -0.389. The molecule has 1 aliphatic rings. The minimum absolute atomic E-state index is 0.323. The van der Waals surface area contributed by atoms with Crippen molar-refractivity contribution < 1.29 is 13.9 Å². The largest absolute Gasteiger partial charge is 0.378 e. The van der Waals surface area contributed by atoms with Crippen molar-refractivity contribution in [1.82, 2.24) is 0 Å². The zero-order valence-corrected chi connectivity index (χ0v) is 15.0. The van der Waals surface area contributed by atoms with E-state index in [4.69, 9.17) is 16.3 Å². The molecule has 0 saturated carbocycles. The molecule has 0 unspecified atom stereocenters. The van der Waals surface area contributed by atoms with Gasteiger partial charge in [-0.3, -0.25) is 4.79 Å². The second kappa shape index (κ2) is 7.51. The summed E-state index contributed by atoms with van der Waals surface area (Å²) in [5.41, 5.74) is 1.21. The number of benzene rings is 2. The predicted octanol–water partition coefficient (Wildman–Crippen LogP) is 4.33. The Morgan fingerprint density at radius 3 is 2.67 bits per heavy atom. The lowest BCUT2D eigenvalue weighted by Crippen LogP contribution is -2.36. The van der Waals surface area contributed by atoms with E-state index in [1.165, 1.54) is 6.07 Å². The molecule has 126 valence electrons. The van der Waals surface area contributed by atoms with E-state index in [0.717, 1.165) is 4.47 Å². The molecule has 1 saturated heterocycles. The molecule has 0 atom stereocenters. The molecule has 3 rings (SSSR count). The monoisotopic (exact) mass is 412 g/mol. The normalized spacial score (nSPS) is 14.5. The Bertz CT molecular complexity index is 766. The van der Waals surface area contributed by atoms with E-state index in [0.29, 0.717) is 48.3 Å². The summed E-state index contributed by atoms with van der Waals surface area (Å²) in [7, 11) is 0. The third kappa shape index (κ3) is 3.88. The summed E-state index contributed by atoms with van der Waals surface area (Å²) >= 11 is 9.34. The van der Waals surface area contributed by atoms with Gasteiger partial charge in [-0.2, -0.15) is 0 Å². The number of halogens is 3. The Kier molecular flexibility index (Phi) is 5.38. The fraction of sp³-hybridized carbons (Fsp3) is 0.235. The van der Waals surface area contributed by atoms with Gasteiger partial charge in [-0.1, -0.05) is 27.5 Å². The summed E-state index contributed by atoms with van der Waals surface area (Å²) in [6.45, 7) is 2.46. The molecule has 0 radical (unpaired) electrons. The predicted molar refractivity (Wildman–Crippen MR) is 96.5 cm³/mol. The van der Waals surface area contributed by atoms with E-state index in [2.05, 4.69) is 21.2 Å². The second-order valence-electron chi connectivity index (χ2n) is 5.34. The molecule has 7 heteroatoms. The molecule has 24 heavy (non-hydrogen) atoms. The Hall–Kier alpha value is -1.63. The topological polar surface area (TPSA) is 41.6 Å². The summed E-state index contributed by atoms with van der Waals surface area (Å²) < 4.78 is 20.4. The highest BCUT2D eigenvalue weighted by Gasteiger charge is 2.16. The van der Waals surface area contributed by atoms with Crippen molar-refractivity contribution in [2.24, 2.45) is 0 Å². The van der Waals surface area contributed by atoms with Crippen LogP contribution in [0.25, 0.3) is 0 Å². The molecule has 0 aliphatic carbocycles. The van der Waals surface area contributed by atoms with Crippen LogP contribution in [0.2, 0.25) is 5.02 Å². The van der Waals surface area contributed by atoms with Gasteiger partial charge < -0.3 is 15.0 Å². The van der Waals surface area contributed by atoms with Crippen LogP contribution in [0.5, 0.6) is 0 Å². The van der Waals surface area contributed by atoms with Crippen LogP contribution >= 0.6 is 27.5 Å². The molecule has 0 bridgehead atoms. The summed E-state index contributed by atoms with van der Waals surface area (Å²) in [6.07, 6.45) is 0. The van der Waals surface area contributed by atoms with Crippen molar-refractivity contribution in [2.45, 2.75) is 0 Å². The highest BCUT2D eigenvalue weighted by molar-refractivity contribution is 9.10. The number of morpholine rings is 1. The molecule has 1 N–H and O–H groups in total. The first-order chi connectivity index (χ1) is 11.5. The lowest BCUT2D eigenvalue weighted by atomic mass is 10.2. The first kappa shape index (κ1) is 17.2. The first-order valence-corrected chi connectivity index (χ1v) is 8.60. The fourth-order valence-corrected chi connectivity index (χ4v) is 3.08. The lowest BCUT2D eigenvalue weighted by molar-refractivity contribution is 0.102. The van der Waals surface area contributed by atoms with Crippen molar-refractivity contribution in [3.63, 3.8) is 0 Å². The lowest BCUT2D eigenvalue weighted by Gasteiger charge is -2.29. The summed E-state index contributed by atoms with van der Waals surface area (Å²) in [6, 6.07) is 9.65. The molecule has 1 aliphatic heterocycles. The van der Waals surface area contributed by atoms with Gasteiger partial charge in [-0.15, -0.1) is 0 Å². The number of hydrogen-bond donors (Lipinski definition) is 1. The summed E-state index contributed by atoms with van der Waals surface area (Å²) in [5.74, 6) is -0.769. The number of nitrogens with one attached hydrogen (secondary N) is 1. The number of hydrogen-bond acceptors (Lipinski definition) is 3. The van der Waals surface area contributed by atoms with E-state index >= 15 is 0 Å². The Morgan fingerprint density at radius 2 is 1.96 bits per heavy atom. The van der Waals surface area contributed by atoms with Crippen LogP contribution in [0.3, 0.4) is 0 Å². The maximum atomic E-state index is 14.4. The maximum absolute atomic E-state index is 14.4. The van der Waals surface area contributed by atoms with Gasteiger partial charge in [0, 0.05) is 23.2 Å². The quantitative estimate of drug-likeness (QED) is 0.814. The van der Waals surface area contributed by atoms with Crippen LogP contribution in [0.4, 0.5) is 15.8 Å². The van der Waals surface area contributed by atoms with Crippen LogP contribution in [-0.4, -0.2) is 32.2 Å². The van der Waals surface area contributed by atoms with Crippen LogP contribution in [0.1, 0.15) is 10.4 Å². The van der Waals surface area contributed by atoms with Gasteiger partial charge >= 0.3 is 0 Å². The number of amides is 1.